The first-order valence-corrected chi connectivity index (χ1v) is 5.85. The molecule has 0 aliphatic rings. The molecule has 14 heavy (non-hydrogen) atoms. The lowest BCUT2D eigenvalue weighted by Gasteiger charge is -2.27. The molecule has 0 heterocycles. The summed E-state index contributed by atoms with van der Waals surface area (Å²) in [5.41, 5.74) is 0. The highest BCUT2D eigenvalue weighted by Crippen LogP contribution is 2.18. The van der Waals surface area contributed by atoms with Gasteiger partial charge in [-0.2, -0.15) is 13.2 Å². The molecule has 1 nitrogen and oxygen atoms in total. The van der Waals surface area contributed by atoms with Gasteiger partial charge < -0.3 is 0 Å². The van der Waals surface area contributed by atoms with Crippen LogP contribution >= 0.6 is 15.9 Å². The van der Waals surface area contributed by atoms with Crippen molar-refractivity contribution < 1.29 is 13.2 Å². The summed E-state index contributed by atoms with van der Waals surface area (Å²) < 4.78 is 36.4. The molecule has 0 aromatic rings. The maximum atomic E-state index is 12.1. The first kappa shape index (κ1) is 14.2. The standard InChI is InChI=1S/C9H17BrF3N/c1-8(2)14(6-4-3-5-10)7-9(11,12)13/h8H,3-7H2,1-2H3. The Morgan fingerprint density at radius 1 is 1.21 bits per heavy atom. The van der Waals surface area contributed by atoms with Crippen LogP contribution in [0.1, 0.15) is 26.7 Å². The zero-order valence-corrected chi connectivity index (χ0v) is 10.2. The van der Waals surface area contributed by atoms with Gasteiger partial charge in [0.05, 0.1) is 6.54 Å². The van der Waals surface area contributed by atoms with Crippen LogP contribution in [0.25, 0.3) is 0 Å². The van der Waals surface area contributed by atoms with E-state index in [1.54, 1.807) is 13.8 Å². The van der Waals surface area contributed by atoms with Gasteiger partial charge in [-0.05, 0) is 33.2 Å². The number of unbranched alkanes of at least 4 members (excludes halogenated alkanes) is 1. The lowest BCUT2D eigenvalue weighted by atomic mass is 10.2. The summed E-state index contributed by atoms with van der Waals surface area (Å²) in [6.07, 6.45) is -2.36. The van der Waals surface area contributed by atoms with E-state index >= 15 is 0 Å². The number of hydrogen-bond donors (Lipinski definition) is 0. The second-order valence-electron chi connectivity index (χ2n) is 3.58. The van der Waals surface area contributed by atoms with Crippen LogP contribution in [0.3, 0.4) is 0 Å². The van der Waals surface area contributed by atoms with E-state index in [2.05, 4.69) is 15.9 Å². The predicted octanol–water partition coefficient (Wildman–Crippen LogP) is 3.43. The fourth-order valence-electron chi connectivity index (χ4n) is 1.16. The molecule has 0 aliphatic heterocycles. The van der Waals surface area contributed by atoms with Gasteiger partial charge in [0, 0.05) is 11.4 Å². The summed E-state index contributed by atoms with van der Waals surface area (Å²) >= 11 is 3.26. The third-order valence-electron chi connectivity index (χ3n) is 1.94. The molecule has 0 amide bonds. The van der Waals surface area contributed by atoms with E-state index in [4.69, 9.17) is 0 Å². The van der Waals surface area contributed by atoms with Crippen LogP contribution in [0.5, 0.6) is 0 Å². The van der Waals surface area contributed by atoms with E-state index in [0.717, 1.165) is 18.2 Å². The summed E-state index contributed by atoms with van der Waals surface area (Å²) in [4.78, 5) is 1.46. The molecule has 0 rings (SSSR count). The minimum absolute atomic E-state index is 0.0491. The third-order valence-corrected chi connectivity index (χ3v) is 2.50. The number of nitrogens with zero attached hydrogens (tertiary/aromatic N) is 1. The number of hydrogen-bond acceptors (Lipinski definition) is 1. The van der Waals surface area contributed by atoms with Gasteiger partial charge in [-0.15, -0.1) is 0 Å². The van der Waals surface area contributed by atoms with E-state index in [-0.39, 0.29) is 6.04 Å². The Balaban J connectivity index is 3.91. The smallest absolute Gasteiger partial charge is 0.293 e. The van der Waals surface area contributed by atoms with Crippen molar-refractivity contribution in [1.29, 1.82) is 0 Å². The van der Waals surface area contributed by atoms with Crippen molar-refractivity contribution in [2.45, 2.75) is 38.9 Å². The van der Waals surface area contributed by atoms with Crippen LogP contribution in [0, 0.1) is 0 Å². The van der Waals surface area contributed by atoms with Crippen LogP contribution < -0.4 is 0 Å². The topological polar surface area (TPSA) is 3.24 Å². The zero-order valence-electron chi connectivity index (χ0n) is 8.57. The van der Waals surface area contributed by atoms with Crippen molar-refractivity contribution in [3.8, 4) is 0 Å². The van der Waals surface area contributed by atoms with Crippen LogP contribution in [-0.2, 0) is 0 Å². The fourth-order valence-corrected chi connectivity index (χ4v) is 1.56. The maximum Gasteiger partial charge on any atom is 0.401 e. The van der Waals surface area contributed by atoms with Crippen molar-refractivity contribution in [3.63, 3.8) is 0 Å². The highest BCUT2D eigenvalue weighted by atomic mass is 79.9. The molecule has 0 bridgehead atoms. The highest BCUT2D eigenvalue weighted by Gasteiger charge is 2.31. The van der Waals surface area contributed by atoms with Gasteiger partial charge in [0.2, 0.25) is 0 Å². The molecule has 0 spiro atoms. The minimum Gasteiger partial charge on any atom is -0.293 e. The van der Waals surface area contributed by atoms with Crippen molar-refractivity contribution in [3.05, 3.63) is 0 Å². The summed E-state index contributed by atoms with van der Waals surface area (Å²) in [5, 5.41) is 0.852. The number of halogens is 4. The van der Waals surface area contributed by atoms with E-state index < -0.39 is 12.7 Å². The average molecular weight is 276 g/mol. The molecular formula is C9H17BrF3N. The number of alkyl halides is 4. The van der Waals surface area contributed by atoms with E-state index in [1.807, 2.05) is 0 Å². The SMILES string of the molecule is CC(C)N(CCCCBr)CC(F)(F)F. The lowest BCUT2D eigenvalue weighted by molar-refractivity contribution is -0.149. The maximum absolute atomic E-state index is 12.1. The first-order valence-electron chi connectivity index (χ1n) is 4.73. The van der Waals surface area contributed by atoms with Crippen LogP contribution in [0.2, 0.25) is 0 Å². The summed E-state index contributed by atoms with van der Waals surface area (Å²) in [5.74, 6) is 0. The van der Waals surface area contributed by atoms with Gasteiger partial charge in [-0.1, -0.05) is 15.9 Å². The van der Waals surface area contributed by atoms with Crippen molar-refractivity contribution >= 4 is 15.9 Å². The van der Waals surface area contributed by atoms with Gasteiger partial charge in [-0.25, -0.2) is 0 Å². The largest absolute Gasteiger partial charge is 0.401 e. The molecule has 0 saturated heterocycles. The summed E-state index contributed by atoms with van der Waals surface area (Å²) in [7, 11) is 0. The molecule has 0 unspecified atom stereocenters. The summed E-state index contributed by atoms with van der Waals surface area (Å²) in [6.45, 7) is 3.30. The van der Waals surface area contributed by atoms with Crippen LogP contribution in [0.4, 0.5) is 13.2 Å². The molecule has 0 N–H and O–H groups in total. The van der Waals surface area contributed by atoms with Gasteiger partial charge in [0.1, 0.15) is 0 Å². The normalized spacial score (nSPS) is 12.9. The Kier molecular flexibility index (Phi) is 6.78. The molecule has 0 radical (unpaired) electrons. The Bertz CT molecular complexity index is 147. The van der Waals surface area contributed by atoms with Gasteiger partial charge in [0.15, 0.2) is 0 Å². The highest BCUT2D eigenvalue weighted by molar-refractivity contribution is 9.09. The van der Waals surface area contributed by atoms with E-state index in [9.17, 15) is 13.2 Å². The van der Waals surface area contributed by atoms with Gasteiger partial charge in [0.25, 0.3) is 0 Å². The molecule has 0 saturated carbocycles. The zero-order chi connectivity index (χ0) is 11.2. The second-order valence-corrected chi connectivity index (χ2v) is 4.37. The van der Waals surface area contributed by atoms with Crippen molar-refractivity contribution in [2.24, 2.45) is 0 Å². The van der Waals surface area contributed by atoms with Gasteiger partial charge >= 0.3 is 6.18 Å². The first-order chi connectivity index (χ1) is 6.37. The van der Waals surface area contributed by atoms with E-state index in [0.29, 0.717) is 6.54 Å². The second kappa shape index (κ2) is 6.67. The molecule has 0 aromatic heterocycles. The van der Waals surface area contributed by atoms with Crippen molar-refractivity contribution in [1.82, 2.24) is 4.90 Å². The Morgan fingerprint density at radius 3 is 2.14 bits per heavy atom. The summed E-state index contributed by atoms with van der Waals surface area (Å²) in [6, 6.07) is -0.0491. The molecule has 0 atom stereocenters. The molecular weight excluding hydrogens is 259 g/mol. The molecule has 0 aliphatic carbocycles. The van der Waals surface area contributed by atoms with Crippen LogP contribution in [0.15, 0.2) is 0 Å². The Hall–Kier alpha value is 0.230. The minimum atomic E-state index is -4.08. The fraction of sp³-hybridized carbons (Fsp3) is 1.00. The Labute approximate surface area is 91.8 Å². The lowest BCUT2D eigenvalue weighted by Crippen LogP contribution is -2.39. The predicted molar refractivity (Wildman–Crippen MR) is 55.8 cm³/mol. The molecule has 0 fully saturated rings. The number of rotatable bonds is 6. The van der Waals surface area contributed by atoms with Crippen molar-refractivity contribution in [2.75, 3.05) is 18.4 Å². The Morgan fingerprint density at radius 2 is 1.79 bits per heavy atom. The monoisotopic (exact) mass is 275 g/mol. The quantitative estimate of drug-likeness (QED) is 0.530. The molecule has 86 valence electrons. The third kappa shape index (κ3) is 7.62. The molecule has 5 heteroatoms. The molecule has 0 aromatic carbocycles. The average Bonchev–Trinajstić information content (AvgIpc) is 2.00. The van der Waals surface area contributed by atoms with Crippen LogP contribution in [-0.4, -0.2) is 35.5 Å². The van der Waals surface area contributed by atoms with E-state index in [1.165, 1.54) is 4.90 Å². The van der Waals surface area contributed by atoms with Gasteiger partial charge in [-0.3, -0.25) is 4.90 Å².